The molecule has 4 heteroatoms. The zero-order chi connectivity index (χ0) is 18.5. The lowest BCUT2D eigenvalue weighted by molar-refractivity contribution is 0.0938. The summed E-state index contributed by atoms with van der Waals surface area (Å²) in [5, 5.41) is 3.04. The van der Waals surface area contributed by atoms with E-state index in [-0.39, 0.29) is 11.9 Å². The van der Waals surface area contributed by atoms with E-state index in [0.29, 0.717) is 22.8 Å². The van der Waals surface area contributed by atoms with Gasteiger partial charge in [0, 0.05) is 17.2 Å². The number of aromatic nitrogens is 1. The van der Waals surface area contributed by atoms with Gasteiger partial charge in [-0.2, -0.15) is 0 Å². The van der Waals surface area contributed by atoms with Gasteiger partial charge in [-0.25, -0.2) is 4.98 Å². The molecule has 0 fully saturated rings. The van der Waals surface area contributed by atoms with E-state index in [1.807, 2.05) is 56.3 Å². The van der Waals surface area contributed by atoms with Crippen LogP contribution in [0, 0.1) is 6.92 Å². The highest BCUT2D eigenvalue weighted by Gasteiger charge is 2.18. The summed E-state index contributed by atoms with van der Waals surface area (Å²) in [5.74, 6) is 1.04. The number of hydrogen-bond donors (Lipinski definition) is 1. The molecule has 0 saturated carbocycles. The van der Waals surface area contributed by atoms with E-state index in [0.717, 1.165) is 18.4 Å². The maximum atomic E-state index is 12.7. The largest absolute Gasteiger partial charge is 0.436 e. The summed E-state index contributed by atoms with van der Waals surface area (Å²) in [6.45, 7) is 6.17. The molecular weight excluding hydrogens is 324 g/mol. The Morgan fingerprint density at radius 2 is 1.88 bits per heavy atom. The van der Waals surface area contributed by atoms with Gasteiger partial charge in [0.05, 0.1) is 11.8 Å². The van der Waals surface area contributed by atoms with E-state index in [9.17, 15) is 4.79 Å². The molecule has 3 aromatic rings. The molecular formula is C22H24N2O2. The highest BCUT2D eigenvalue weighted by atomic mass is 16.4. The summed E-state index contributed by atoms with van der Waals surface area (Å²) >= 11 is 0. The summed E-state index contributed by atoms with van der Waals surface area (Å²) < 4.78 is 5.95. The standard InChI is InChI=1S/C22H24N2O2/c1-4-7-16(3)24-21(25)18-8-5-6-9-19(18)22-23-14-20(26-22)17-12-10-15(2)11-13-17/h5-6,8-14,16H,4,7H2,1-3H3,(H,24,25). The number of carbonyl (C=O) groups is 1. The smallest absolute Gasteiger partial charge is 0.252 e. The van der Waals surface area contributed by atoms with Gasteiger partial charge in [0.2, 0.25) is 5.89 Å². The van der Waals surface area contributed by atoms with Crippen LogP contribution in [0.3, 0.4) is 0 Å². The van der Waals surface area contributed by atoms with Gasteiger partial charge < -0.3 is 9.73 Å². The zero-order valence-corrected chi connectivity index (χ0v) is 15.5. The van der Waals surface area contributed by atoms with Gasteiger partial charge in [-0.3, -0.25) is 4.79 Å². The fraction of sp³-hybridized carbons (Fsp3) is 0.273. The molecule has 0 aliphatic rings. The predicted molar refractivity (Wildman–Crippen MR) is 104 cm³/mol. The van der Waals surface area contributed by atoms with Crippen molar-refractivity contribution in [1.82, 2.24) is 10.3 Å². The Bertz CT molecular complexity index is 881. The Labute approximate surface area is 154 Å². The summed E-state index contributed by atoms with van der Waals surface area (Å²) in [5.41, 5.74) is 3.43. The molecule has 0 aliphatic heterocycles. The third-order valence-electron chi connectivity index (χ3n) is 4.34. The number of nitrogens with one attached hydrogen (secondary N) is 1. The molecule has 134 valence electrons. The molecule has 1 heterocycles. The van der Waals surface area contributed by atoms with Crippen molar-refractivity contribution in [3.8, 4) is 22.8 Å². The first-order valence-corrected chi connectivity index (χ1v) is 9.01. The molecule has 1 amide bonds. The van der Waals surface area contributed by atoms with Crippen LogP contribution in [0.2, 0.25) is 0 Å². The van der Waals surface area contributed by atoms with Gasteiger partial charge in [-0.1, -0.05) is 55.3 Å². The van der Waals surface area contributed by atoms with Crippen molar-refractivity contribution in [2.24, 2.45) is 0 Å². The average molecular weight is 348 g/mol. The zero-order valence-electron chi connectivity index (χ0n) is 15.5. The highest BCUT2D eigenvalue weighted by Crippen LogP contribution is 2.28. The van der Waals surface area contributed by atoms with Crippen molar-refractivity contribution >= 4 is 5.91 Å². The quantitative estimate of drug-likeness (QED) is 0.663. The minimum absolute atomic E-state index is 0.100. The second kappa shape index (κ2) is 8.00. The Hall–Kier alpha value is -2.88. The molecule has 2 aromatic carbocycles. The third-order valence-corrected chi connectivity index (χ3v) is 4.34. The van der Waals surface area contributed by atoms with E-state index < -0.39 is 0 Å². The van der Waals surface area contributed by atoms with Crippen molar-refractivity contribution in [1.29, 1.82) is 0 Å². The molecule has 3 rings (SSSR count). The normalized spacial score (nSPS) is 12.0. The minimum atomic E-state index is -0.100. The number of benzene rings is 2. The van der Waals surface area contributed by atoms with Crippen LogP contribution in [0.15, 0.2) is 59.1 Å². The number of amides is 1. The first-order chi connectivity index (χ1) is 12.6. The maximum absolute atomic E-state index is 12.7. The number of carbonyl (C=O) groups excluding carboxylic acids is 1. The van der Waals surface area contributed by atoms with Crippen molar-refractivity contribution in [3.63, 3.8) is 0 Å². The predicted octanol–water partition coefficient (Wildman–Crippen LogP) is 5.24. The monoisotopic (exact) mass is 348 g/mol. The molecule has 1 aromatic heterocycles. The van der Waals surface area contributed by atoms with Crippen molar-refractivity contribution in [2.45, 2.75) is 39.7 Å². The van der Waals surface area contributed by atoms with Crippen molar-refractivity contribution in [2.75, 3.05) is 0 Å². The molecule has 1 unspecified atom stereocenters. The Balaban J connectivity index is 1.88. The number of hydrogen-bond acceptors (Lipinski definition) is 3. The van der Waals surface area contributed by atoms with Crippen LogP contribution in [0.4, 0.5) is 0 Å². The van der Waals surface area contributed by atoms with E-state index in [1.165, 1.54) is 5.56 Å². The van der Waals surface area contributed by atoms with Crippen LogP contribution < -0.4 is 5.32 Å². The van der Waals surface area contributed by atoms with Crippen LogP contribution >= 0.6 is 0 Å². The lowest BCUT2D eigenvalue weighted by Crippen LogP contribution is -2.32. The molecule has 0 saturated heterocycles. The molecule has 0 radical (unpaired) electrons. The molecule has 26 heavy (non-hydrogen) atoms. The second-order valence-electron chi connectivity index (χ2n) is 6.60. The molecule has 1 N–H and O–H groups in total. The molecule has 0 spiro atoms. The Morgan fingerprint density at radius 3 is 2.62 bits per heavy atom. The lowest BCUT2D eigenvalue weighted by atomic mass is 10.1. The molecule has 0 bridgehead atoms. The van der Waals surface area contributed by atoms with Gasteiger partial charge >= 0.3 is 0 Å². The lowest BCUT2D eigenvalue weighted by Gasteiger charge is -2.14. The van der Waals surface area contributed by atoms with E-state index in [4.69, 9.17) is 4.42 Å². The maximum Gasteiger partial charge on any atom is 0.252 e. The van der Waals surface area contributed by atoms with E-state index in [1.54, 1.807) is 12.3 Å². The summed E-state index contributed by atoms with van der Waals surface area (Å²) in [6, 6.07) is 15.6. The number of aryl methyl sites for hydroxylation is 1. The van der Waals surface area contributed by atoms with E-state index in [2.05, 4.69) is 17.2 Å². The van der Waals surface area contributed by atoms with Crippen LogP contribution in [0.25, 0.3) is 22.8 Å². The fourth-order valence-electron chi connectivity index (χ4n) is 2.92. The number of rotatable bonds is 6. The topological polar surface area (TPSA) is 55.1 Å². The van der Waals surface area contributed by atoms with Crippen molar-refractivity contribution < 1.29 is 9.21 Å². The Kier molecular flexibility index (Phi) is 5.52. The minimum Gasteiger partial charge on any atom is -0.436 e. The van der Waals surface area contributed by atoms with Crippen LogP contribution in [-0.2, 0) is 0 Å². The highest BCUT2D eigenvalue weighted by molar-refractivity contribution is 6.00. The van der Waals surface area contributed by atoms with Gasteiger partial charge in [0.15, 0.2) is 5.76 Å². The van der Waals surface area contributed by atoms with Crippen LogP contribution in [0.5, 0.6) is 0 Å². The van der Waals surface area contributed by atoms with Gasteiger partial charge in [0.1, 0.15) is 0 Å². The Morgan fingerprint density at radius 1 is 1.15 bits per heavy atom. The second-order valence-corrected chi connectivity index (χ2v) is 6.60. The van der Waals surface area contributed by atoms with Crippen molar-refractivity contribution in [3.05, 3.63) is 65.9 Å². The number of nitrogens with zero attached hydrogens (tertiary/aromatic N) is 1. The first kappa shape index (κ1) is 17.9. The van der Waals surface area contributed by atoms with Gasteiger partial charge in [0.25, 0.3) is 5.91 Å². The van der Waals surface area contributed by atoms with Crippen LogP contribution in [-0.4, -0.2) is 16.9 Å². The SMILES string of the molecule is CCCC(C)NC(=O)c1ccccc1-c1ncc(-c2ccc(C)cc2)o1. The third kappa shape index (κ3) is 4.02. The summed E-state index contributed by atoms with van der Waals surface area (Å²) in [4.78, 5) is 17.1. The molecule has 0 aliphatic carbocycles. The van der Waals surface area contributed by atoms with E-state index >= 15 is 0 Å². The van der Waals surface area contributed by atoms with Gasteiger partial charge in [-0.05, 0) is 32.4 Å². The first-order valence-electron chi connectivity index (χ1n) is 9.01. The number of oxazole rings is 1. The molecule has 4 nitrogen and oxygen atoms in total. The van der Waals surface area contributed by atoms with Crippen LogP contribution in [0.1, 0.15) is 42.6 Å². The average Bonchev–Trinajstić information content (AvgIpc) is 3.12. The fourth-order valence-corrected chi connectivity index (χ4v) is 2.92. The molecule has 1 atom stereocenters. The summed E-state index contributed by atoms with van der Waals surface area (Å²) in [6.07, 6.45) is 3.68. The van der Waals surface area contributed by atoms with Gasteiger partial charge in [-0.15, -0.1) is 0 Å². The summed E-state index contributed by atoms with van der Waals surface area (Å²) in [7, 11) is 0.